The molecule has 5 heteroatoms. The van der Waals surface area contributed by atoms with E-state index in [1.807, 2.05) is 17.4 Å². The molecule has 0 radical (unpaired) electrons. The van der Waals surface area contributed by atoms with Crippen molar-refractivity contribution in [3.8, 4) is 33.4 Å². The summed E-state index contributed by atoms with van der Waals surface area (Å²) in [6.45, 7) is 0. The van der Waals surface area contributed by atoms with E-state index in [-0.39, 0.29) is 6.17 Å². The molecule has 1 aliphatic rings. The van der Waals surface area contributed by atoms with Gasteiger partial charge in [-0.15, -0.1) is 11.3 Å². The van der Waals surface area contributed by atoms with E-state index in [1.54, 1.807) is 0 Å². The minimum Gasteiger partial charge on any atom is -0.456 e. The second kappa shape index (κ2) is 14.8. The lowest BCUT2D eigenvalue weighted by Gasteiger charge is -2.24. The summed E-state index contributed by atoms with van der Waals surface area (Å²) < 4.78 is 9.09. The molecule has 0 bridgehead atoms. The highest BCUT2D eigenvalue weighted by atomic mass is 32.1. The fourth-order valence-electron chi connectivity index (χ4n) is 9.49. The van der Waals surface area contributed by atoms with Crippen molar-refractivity contribution in [1.82, 2.24) is 5.32 Å². The van der Waals surface area contributed by atoms with Crippen molar-refractivity contribution in [1.29, 1.82) is 0 Å². The average Bonchev–Trinajstić information content (AvgIpc) is 3.94. The second-order valence-electron chi connectivity index (χ2n) is 16.6. The Bertz CT molecular complexity index is 3880. The third kappa shape index (κ3) is 6.20. The van der Waals surface area contributed by atoms with Gasteiger partial charge in [0, 0.05) is 47.6 Å². The van der Waals surface area contributed by atoms with Gasteiger partial charge in [-0.3, -0.25) is 0 Å². The normalized spacial score (nSPS) is 14.1. The second-order valence-corrected chi connectivity index (χ2v) is 17.6. The molecule has 0 aliphatic carbocycles. The van der Waals surface area contributed by atoms with E-state index >= 15 is 0 Å². The number of hydrogen-bond acceptors (Lipinski definition) is 5. The summed E-state index contributed by atoms with van der Waals surface area (Å²) in [7, 11) is 0. The molecule has 10 aromatic carbocycles. The number of rotatable bonds is 6. The molecule has 0 saturated carbocycles. The largest absolute Gasteiger partial charge is 0.456 e. The predicted molar refractivity (Wildman–Crippen MR) is 270 cm³/mol. The number of thiophene rings is 1. The van der Waals surface area contributed by atoms with Crippen LogP contribution < -0.4 is 5.32 Å². The van der Waals surface area contributed by atoms with Gasteiger partial charge in [-0.2, -0.15) is 0 Å². The number of aliphatic imine (C=N–C) groups is 2. The van der Waals surface area contributed by atoms with Gasteiger partial charge in [-0.1, -0.05) is 170 Å². The Kier molecular flexibility index (Phi) is 8.43. The van der Waals surface area contributed by atoms with Crippen LogP contribution in [0.5, 0.6) is 0 Å². The Morgan fingerprint density at radius 1 is 0.422 bits per heavy atom. The highest BCUT2D eigenvalue weighted by molar-refractivity contribution is 7.26. The lowest BCUT2D eigenvalue weighted by Crippen LogP contribution is -2.33. The molecule has 0 spiro atoms. The predicted octanol–water partition coefficient (Wildman–Crippen LogP) is 15.8. The Balaban J connectivity index is 0.940. The van der Waals surface area contributed by atoms with Gasteiger partial charge >= 0.3 is 0 Å². The van der Waals surface area contributed by atoms with Gasteiger partial charge in [-0.25, -0.2) is 9.98 Å². The van der Waals surface area contributed by atoms with E-state index in [9.17, 15) is 0 Å². The molecule has 0 fully saturated rings. The van der Waals surface area contributed by atoms with Crippen LogP contribution in [-0.4, -0.2) is 11.7 Å². The van der Waals surface area contributed by atoms with Crippen molar-refractivity contribution >= 4 is 86.7 Å². The van der Waals surface area contributed by atoms with Gasteiger partial charge in [-0.05, 0) is 97.4 Å². The SMILES string of the molecule is c1ccc(-c2ccc(-c3cc(-c4ccc5ccc(C6=NC(c7ccc8ccccc8c7)=NC(c7cccc8c7sc7ccccc78)N6)cc5c4)c4c(c3)oc3ccccc34)cc2)cc1. The molecule has 0 saturated heterocycles. The first-order valence-electron chi connectivity index (χ1n) is 21.6. The van der Waals surface area contributed by atoms with Crippen molar-refractivity contribution < 1.29 is 4.42 Å². The van der Waals surface area contributed by atoms with Gasteiger partial charge in [0.2, 0.25) is 0 Å². The van der Waals surface area contributed by atoms with E-state index < -0.39 is 0 Å². The quantitative estimate of drug-likeness (QED) is 0.181. The molecule has 1 N–H and O–H groups in total. The van der Waals surface area contributed by atoms with E-state index in [1.165, 1.54) is 36.7 Å². The number of hydrogen-bond donors (Lipinski definition) is 1. The first kappa shape index (κ1) is 36.5. The molecule has 64 heavy (non-hydrogen) atoms. The molecule has 3 heterocycles. The number of furan rings is 1. The Morgan fingerprint density at radius 2 is 1.05 bits per heavy atom. The standard InChI is InChI=1S/C59H37N3OS/c1-2-11-36(12-3-1)38-21-23-40(24-22-38)46-34-51(55-49-16-6-8-19-52(49)63-53(55)35-46)42-28-25-39-27-30-44(33-45(39)32-42)58-60-57(43-29-26-37-13-4-5-14-41(37)31-43)61-59(62-58)50-18-10-17-48-47-15-7-9-20-54(47)64-56(48)50/h1-35,59H,(H,60,61,62). The first-order chi connectivity index (χ1) is 31.7. The molecule has 0 amide bonds. The lowest BCUT2D eigenvalue weighted by atomic mass is 9.92. The van der Waals surface area contributed by atoms with Gasteiger partial charge in [0.15, 0.2) is 5.84 Å². The number of amidine groups is 2. The summed E-state index contributed by atoms with van der Waals surface area (Å²) in [5, 5.41) is 13.2. The zero-order valence-electron chi connectivity index (χ0n) is 34.5. The average molecular weight is 836 g/mol. The molecule has 12 aromatic rings. The third-order valence-electron chi connectivity index (χ3n) is 12.7. The zero-order chi connectivity index (χ0) is 42.1. The summed E-state index contributed by atoms with van der Waals surface area (Å²) >= 11 is 1.82. The van der Waals surface area contributed by atoms with Gasteiger partial charge in [0.05, 0.1) is 0 Å². The van der Waals surface area contributed by atoms with Crippen LogP contribution in [0.2, 0.25) is 0 Å². The van der Waals surface area contributed by atoms with Crippen molar-refractivity contribution in [3.63, 3.8) is 0 Å². The lowest BCUT2D eigenvalue weighted by molar-refractivity contribution is 0.669. The minimum atomic E-state index is -0.347. The van der Waals surface area contributed by atoms with Crippen LogP contribution in [0.4, 0.5) is 0 Å². The summed E-state index contributed by atoms with van der Waals surface area (Å²) in [6.07, 6.45) is -0.347. The molecular weight excluding hydrogens is 799 g/mol. The highest BCUT2D eigenvalue weighted by Gasteiger charge is 2.24. The maximum absolute atomic E-state index is 6.58. The minimum absolute atomic E-state index is 0.347. The van der Waals surface area contributed by atoms with E-state index in [4.69, 9.17) is 14.4 Å². The van der Waals surface area contributed by atoms with Crippen molar-refractivity contribution in [2.24, 2.45) is 9.98 Å². The smallest absolute Gasteiger partial charge is 0.159 e. The van der Waals surface area contributed by atoms with E-state index in [0.717, 1.165) is 82.9 Å². The van der Waals surface area contributed by atoms with Crippen LogP contribution >= 0.6 is 11.3 Å². The third-order valence-corrected chi connectivity index (χ3v) is 13.9. The van der Waals surface area contributed by atoms with Gasteiger partial charge < -0.3 is 9.73 Å². The van der Waals surface area contributed by atoms with E-state index in [0.29, 0.717) is 5.84 Å². The van der Waals surface area contributed by atoms with Crippen LogP contribution in [0.3, 0.4) is 0 Å². The molecule has 13 rings (SSSR count). The Labute approximate surface area is 373 Å². The molecular formula is C59H37N3OS. The maximum Gasteiger partial charge on any atom is 0.159 e. The van der Waals surface area contributed by atoms with E-state index in [2.05, 4.69) is 212 Å². The number of fused-ring (bicyclic) bond motifs is 8. The molecule has 300 valence electrons. The molecule has 2 aromatic heterocycles. The fraction of sp³-hybridized carbons (Fsp3) is 0.0169. The summed E-state index contributed by atoms with van der Waals surface area (Å²) in [5.41, 5.74) is 11.8. The molecule has 1 atom stereocenters. The zero-order valence-corrected chi connectivity index (χ0v) is 35.3. The fourth-order valence-corrected chi connectivity index (χ4v) is 10.7. The molecule has 1 unspecified atom stereocenters. The van der Waals surface area contributed by atoms with Crippen molar-refractivity contribution in [3.05, 3.63) is 229 Å². The maximum atomic E-state index is 6.58. The topological polar surface area (TPSA) is 49.9 Å². The summed E-state index contributed by atoms with van der Waals surface area (Å²) in [6, 6.07) is 75.9. The Morgan fingerprint density at radius 3 is 1.91 bits per heavy atom. The van der Waals surface area contributed by atoms with Crippen LogP contribution in [0.1, 0.15) is 22.9 Å². The van der Waals surface area contributed by atoms with Gasteiger partial charge in [0.1, 0.15) is 23.2 Å². The molecule has 4 nitrogen and oxygen atoms in total. The number of para-hydroxylation sites is 1. The highest BCUT2D eigenvalue weighted by Crippen LogP contribution is 2.42. The van der Waals surface area contributed by atoms with Crippen molar-refractivity contribution in [2.45, 2.75) is 6.17 Å². The van der Waals surface area contributed by atoms with Crippen LogP contribution in [0.25, 0.3) is 97.0 Å². The van der Waals surface area contributed by atoms with Crippen LogP contribution in [0.15, 0.2) is 227 Å². The number of nitrogens with one attached hydrogen (secondary N) is 1. The Hall–Kier alpha value is -8.12. The van der Waals surface area contributed by atoms with Crippen LogP contribution in [-0.2, 0) is 0 Å². The molecule has 1 aliphatic heterocycles. The number of benzene rings is 10. The monoisotopic (exact) mass is 835 g/mol. The summed E-state index contributed by atoms with van der Waals surface area (Å²) in [4.78, 5) is 10.7. The first-order valence-corrected chi connectivity index (χ1v) is 22.5. The number of nitrogens with zero attached hydrogens (tertiary/aromatic N) is 2. The van der Waals surface area contributed by atoms with Gasteiger partial charge in [0.25, 0.3) is 0 Å². The summed E-state index contributed by atoms with van der Waals surface area (Å²) in [5.74, 6) is 1.50. The van der Waals surface area contributed by atoms with Crippen LogP contribution in [0, 0.1) is 0 Å². The van der Waals surface area contributed by atoms with Crippen molar-refractivity contribution in [2.75, 3.05) is 0 Å².